The molecule has 3 N–H and O–H groups in total. The number of likely N-dealkylation sites (N-methyl/N-ethyl adjacent to an activating group) is 1. The molecule has 1 aromatic carbocycles. The van der Waals surface area contributed by atoms with Crippen LogP contribution in [0.3, 0.4) is 0 Å². The van der Waals surface area contributed by atoms with Crippen LogP contribution in [0.5, 0.6) is 5.75 Å². The Kier molecular flexibility index (Phi) is 7.17. The number of rotatable bonds is 10. The summed E-state index contributed by atoms with van der Waals surface area (Å²) in [6, 6.07) is 7.15. The first-order chi connectivity index (χ1) is 14.7. The van der Waals surface area contributed by atoms with Crippen molar-refractivity contribution in [2.45, 2.75) is 31.8 Å². The molecule has 1 heterocycles. The lowest BCUT2D eigenvalue weighted by Crippen LogP contribution is -2.51. The van der Waals surface area contributed by atoms with E-state index in [2.05, 4.69) is 5.32 Å². The molecule has 2 amide bonds. The maximum absolute atomic E-state index is 13.1. The second kappa shape index (κ2) is 9.82. The van der Waals surface area contributed by atoms with Crippen LogP contribution in [-0.4, -0.2) is 77.6 Å². The number of aliphatic hydroxyl groups is 1. The van der Waals surface area contributed by atoms with E-state index in [0.29, 0.717) is 19.1 Å². The smallest absolute Gasteiger partial charge is 0.322 e. The highest BCUT2D eigenvalue weighted by molar-refractivity contribution is 6.19. The van der Waals surface area contributed by atoms with Gasteiger partial charge < -0.3 is 30.1 Å². The van der Waals surface area contributed by atoms with Crippen LogP contribution in [0.15, 0.2) is 35.6 Å². The van der Waals surface area contributed by atoms with Gasteiger partial charge in [0.2, 0.25) is 0 Å². The molecule has 3 rings (SSSR count). The molecule has 168 valence electrons. The maximum atomic E-state index is 13.1. The Balaban J connectivity index is 1.75. The topological polar surface area (TPSA) is 119 Å². The SMILES string of the molecule is CN(C)C[C@@H]1CC(O)=C(C(=O)NCC(=O)O)C(=O)N1Cc1ccc(OCC2CC2)cc1. The van der Waals surface area contributed by atoms with Crippen LogP contribution in [0.1, 0.15) is 24.8 Å². The normalized spacial score (nSPS) is 19.0. The van der Waals surface area contributed by atoms with E-state index in [1.165, 1.54) is 12.8 Å². The van der Waals surface area contributed by atoms with Crippen LogP contribution < -0.4 is 10.1 Å². The van der Waals surface area contributed by atoms with E-state index in [0.717, 1.165) is 11.3 Å². The predicted octanol–water partition coefficient (Wildman–Crippen LogP) is 1.15. The number of hydrogen-bond acceptors (Lipinski definition) is 6. The molecule has 1 aliphatic carbocycles. The Morgan fingerprint density at radius 1 is 1.23 bits per heavy atom. The summed E-state index contributed by atoms with van der Waals surface area (Å²) in [5.41, 5.74) is 0.461. The summed E-state index contributed by atoms with van der Waals surface area (Å²) in [5.74, 6) is -1.63. The number of carbonyl (C=O) groups excluding carboxylic acids is 2. The quantitative estimate of drug-likeness (QED) is 0.476. The summed E-state index contributed by atoms with van der Waals surface area (Å²) < 4.78 is 5.75. The van der Waals surface area contributed by atoms with E-state index in [1.807, 2.05) is 43.3 Å². The molecule has 1 saturated carbocycles. The molecule has 0 radical (unpaired) electrons. The Bertz CT molecular complexity index is 861. The Morgan fingerprint density at radius 3 is 2.48 bits per heavy atom. The highest BCUT2D eigenvalue weighted by Crippen LogP contribution is 2.30. The molecular weight excluding hydrogens is 402 g/mol. The Labute approximate surface area is 181 Å². The average molecular weight is 431 g/mol. The fraction of sp³-hybridized carbons (Fsp3) is 0.500. The van der Waals surface area contributed by atoms with Crippen LogP contribution in [0, 0.1) is 5.92 Å². The average Bonchev–Trinajstić information content (AvgIpc) is 3.52. The van der Waals surface area contributed by atoms with Crippen molar-refractivity contribution in [2.24, 2.45) is 5.92 Å². The van der Waals surface area contributed by atoms with Crippen LogP contribution in [0.2, 0.25) is 0 Å². The van der Waals surface area contributed by atoms with E-state index >= 15 is 0 Å². The van der Waals surface area contributed by atoms with Crippen molar-refractivity contribution >= 4 is 17.8 Å². The summed E-state index contributed by atoms with van der Waals surface area (Å²) >= 11 is 0. The van der Waals surface area contributed by atoms with Crippen LogP contribution in [0.25, 0.3) is 0 Å². The first kappa shape index (κ1) is 22.6. The number of ether oxygens (including phenoxy) is 1. The van der Waals surface area contributed by atoms with Crippen molar-refractivity contribution in [1.82, 2.24) is 15.1 Å². The zero-order chi connectivity index (χ0) is 22.5. The van der Waals surface area contributed by atoms with Gasteiger partial charge in [-0.1, -0.05) is 12.1 Å². The monoisotopic (exact) mass is 431 g/mol. The molecule has 1 aliphatic heterocycles. The molecule has 0 unspecified atom stereocenters. The van der Waals surface area contributed by atoms with Gasteiger partial charge in [0.15, 0.2) is 0 Å². The molecule has 0 aromatic heterocycles. The molecule has 0 saturated heterocycles. The first-order valence-corrected chi connectivity index (χ1v) is 10.3. The standard InChI is InChI=1S/C22H29N3O6/c1-24(2)12-16-9-18(26)20(21(29)23-10-19(27)28)22(30)25(16)11-14-5-7-17(8-6-14)31-13-15-3-4-15/h5-8,15-16,26H,3-4,9-13H2,1-2H3,(H,23,29)(H,27,28)/t16-/m0/s1. The number of carbonyl (C=O) groups is 3. The van der Waals surface area contributed by atoms with Gasteiger partial charge in [0.25, 0.3) is 11.8 Å². The van der Waals surface area contributed by atoms with Crippen LogP contribution in [-0.2, 0) is 20.9 Å². The molecule has 0 spiro atoms. The van der Waals surface area contributed by atoms with Crippen molar-refractivity contribution in [3.63, 3.8) is 0 Å². The van der Waals surface area contributed by atoms with Gasteiger partial charge in [0.05, 0.1) is 12.6 Å². The summed E-state index contributed by atoms with van der Waals surface area (Å²) in [4.78, 5) is 39.7. The van der Waals surface area contributed by atoms with Gasteiger partial charge in [-0.25, -0.2) is 0 Å². The van der Waals surface area contributed by atoms with E-state index in [-0.39, 0.29) is 24.8 Å². The van der Waals surface area contributed by atoms with Crippen molar-refractivity contribution in [2.75, 3.05) is 33.8 Å². The highest BCUT2D eigenvalue weighted by Gasteiger charge is 2.38. The summed E-state index contributed by atoms with van der Waals surface area (Å²) in [6.45, 7) is 0.839. The fourth-order valence-electron chi connectivity index (χ4n) is 3.51. The van der Waals surface area contributed by atoms with E-state index < -0.39 is 29.9 Å². The number of amides is 2. The molecule has 1 atom stereocenters. The molecule has 9 heteroatoms. The zero-order valence-electron chi connectivity index (χ0n) is 17.8. The van der Waals surface area contributed by atoms with E-state index in [1.54, 1.807) is 4.90 Å². The molecule has 1 aromatic rings. The number of nitrogens with one attached hydrogen (secondary N) is 1. The van der Waals surface area contributed by atoms with Gasteiger partial charge in [0.1, 0.15) is 23.6 Å². The predicted molar refractivity (Wildman–Crippen MR) is 112 cm³/mol. The van der Waals surface area contributed by atoms with Crippen molar-refractivity contribution < 1.29 is 29.3 Å². The maximum Gasteiger partial charge on any atom is 0.322 e. The van der Waals surface area contributed by atoms with Gasteiger partial charge in [-0.3, -0.25) is 14.4 Å². The van der Waals surface area contributed by atoms with Gasteiger partial charge in [-0.15, -0.1) is 0 Å². The van der Waals surface area contributed by atoms with Crippen molar-refractivity contribution in [3.05, 3.63) is 41.2 Å². The number of nitrogens with zero attached hydrogens (tertiary/aromatic N) is 2. The van der Waals surface area contributed by atoms with Crippen molar-refractivity contribution in [3.8, 4) is 5.75 Å². The Morgan fingerprint density at radius 2 is 1.90 bits per heavy atom. The van der Waals surface area contributed by atoms with Gasteiger partial charge in [-0.2, -0.15) is 0 Å². The van der Waals surface area contributed by atoms with E-state index in [9.17, 15) is 19.5 Å². The summed E-state index contributed by atoms with van der Waals surface area (Å²) in [7, 11) is 3.73. The van der Waals surface area contributed by atoms with Gasteiger partial charge in [0, 0.05) is 19.5 Å². The minimum Gasteiger partial charge on any atom is -0.511 e. The summed E-state index contributed by atoms with van der Waals surface area (Å²) in [5, 5.41) is 21.3. The van der Waals surface area contributed by atoms with E-state index in [4.69, 9.17) is 9.84 Å². The molecule has 9 nitrogen and oxygen atoms in total. The molecule has 31 heavy (non-hydrogen) atoms. The summed E-state index contributed by atoms with van der Waals surface area (Å²) in [6.07, 6.45) is 2.54. The molecule has 2 aliphatic rings. The highest BCUT2D eigenvalue weighted by atomic mass is 16.5. The van der Waals surface area contributed by atoms with Crippen LogP contribution in [0.4, 0.5) is 0 Å². The largest absolute Gasteiger partial charge is 0.511 e. The van der Waals surface area contributed by atoms with Crippen molar-refractivity contribution in [1.29, 1.82) is 0 Å². The number of carboxylic acids is 1. The molecule has 0 bridgehead atoms. The Hall–Kier alpha value is -3.07. The lowest BCUT2D eigenvalue weighted by atomic mass is 9.97. The fourth-order valence-corrected chi connectivity index (χ4v) is 3.51. The second-order valence-corrected chi connectivity index (χ2v) is 8.35. The number of benzene rings is 1. The second-order valence-electron chi connectivity index (χ2n) is 8.35. The third-order valence-electron chi connectivity index (χ3n) is 5.30. The third-order valence-corrected chi connectivity index (χ3v) is 5.30. The number of carboxylic acid groups (broad SMARTS) is 1. The number of aliphatic carboxylic acids is 1. The minimum atomic E-state index is -1.23. The minimum absolute atomic E-state index is 0.113. The number of aliphatic hydroxyl groups excluding tert-OH is 1. The molecule has 1 fully saturated rings. The molecular formula is C22H29N3O6. The van der Waals surface area contributed by atoms with Gasteiger partial charge >= 0.3 is 5.97 Å². The van der Waals surface area contributed by atoms with Crippen LogP contribution >= 0.6 is 0 Å². The zero-order valence-corrected chi connectivity index (χ0v) is 17.8. The van der Waals surface area contributed by atoms with Gasteiger partial charge in [-0.05, 0) is 50.6 Å². The first-order valence-electron chi connectivity index (χ1n) is 10.3. The lowest BCUT2D eigenvalue weighted by Gasteiger charge is -2.37. The number of hydrogen-bond donors (Lipinski definition) is 3. The third kappa shape index (κ3) is 6.21. The lowest BCUT2D eigenvalue weighted by molar-refractivity contribution is -0.139.